The lowest BCUT2D eigenvalue weighted by Crippen LogP contribution is -2.47. The van der Waals surface area contributed by atoms with E-state index in [9.17, 15) is 9.59 Å². The van der Waals surface area contributed by atoms with Gasteiger partial charge in [-0.05, 0) is 32.6 Å². The summed E-state index contributed by atoms with van der Waals surface area (Å²) in [6.45, 7) is 3.72. The Hall–Kier alpha value is -1.26. The van der Waals surface area contributed by atoms with Gasteiger partial charge in [0, 0.05) is 12.1 Å². The van der Waals surface area contributed by atoms with Crippen molar-refractivity contribution in [1.82, 2.24) is 10.6 Å². The molecule has 2 atom stereocenters. The molecular formula is C13H24N2O3. The van der Waals surface area contributed by atoms with Crippen molar-refractivity contribution in [2.75, 3.05) is 0 Å². The molecule has 0 aromatic heterocycles. The topological polar surface area (TPSA) is 78.4 Å². The number of rotatable bonds is 5. The Morgan fingerprint density at radius 3 is 2.33 bits per heavy atom. The number of aliphatic carboxylic acids is 1. The van der Waals surface area contributed by atoms with Gasteiger partial charge in [-0.3, -0.25) is 4.79 Å². The number of nitrogens with one attached hydrogen (secondary N) is 2. The van der Waals surface area contributed by atoms with Crippen LogP contribution in [-0.4, -0.2) is 29.2 Å². The summed E-state index contributed by atoms with van der Waals surface area (Å²) in [5.74, 6) is -0.345. The molecule has 0 heterocycles. The van der Waals surface area contributed by atoms with E-state index < -0.39 is 5.97 Å². The second-order valence-electron chi connectivity index (χ2n) is 5.30. The lowest BCUT2D eigenvalue weighted by atomic mass is 9.85. The Bertz CT molecular complexity index is 288. The van der Waals surface area contributed by atoms with Gasteiger partial charge in [0.2, 0.25) is 0 Å². The van der Waals surface area contributed by atoms with E-state index in [0.29, 0.717) is 5.92 Å². The molecule has 2 unspecified atom stereocenters. The van der Waals surface area contributed by atoms with E-state index in [1.165, 1.54) is 32.1 Å². The van der Waals surface area contributed by atoms with Gasteiger partial charge in [-0.25, -0.2) is 4.79 Å². The molecule has 104 valence electrons. The van der Waals surface area contributed by atoms with Crippen molar-refractivity contribution < 1.29 is 14.7 Å². The van der Waals surface area contributed by atoms with Crippen LogP contribution in [0.1, 0.15) is 52.4 Å². The maximum absolute atomic E-state index is 11.7. The fraction of sp³-hybridized carbons (Fsp3) is 0.846. The molecule has 5 nitrogen and oxygen atoms in total. The molecule has 0 aromatic rings. The summed E-state index contributed by atoms with van der Waals surface area (Å²) in [4.78, 5) is 22.2. The fourth-order valence-corrected chi connectivity index (χ4v) is 2.54. The van der Waals surface area contributed by atoms with Gasteiger partial charge in [0.25, 0.3) is 0 Å². The molecule has 0 aromatic carbocycles. The van der Waals surface area contributed by atoms with Crippen molar-refractivity contribution in [3.8, 4) is 0 Å². The molecular weight excluding hydrogens is 232 g/mol. The molecule has 1 aliphatic carbocycles. The van der Waals surface area contributed by atoms with Crippen molar-refractivity contribution in [2.45, 2.75) is 64.5 Å². The summed E-state index contributed by atoms with van der Waals surface area (Å²) >= 11 is 0. The first-order valence-corrected chi connectivity index (χ1v) is 6.78. The number of hydrogen-bond donors (Lipinski definition) is 3. The molecule has 0 bridgehead atoms. The molecule has 5 heteroatoms. The van der Waals surface area contributed by atoms with Crippen LogP contribution < -0.4 is 10.6 Å². The summed E-state index contributed by atoms with van der Waals surface area (Å²) in [5, 5.41) is 14.2. The van der Waals surface area contributed by atoms with Crippen LogP contribution in [0.4, 0.5) is 4.79 Å². The number of amides is 2. The van der Waals surface area contributed by atoms with E-state index in [-0.39, 0.29) is 24.5 Å². The summed E-state index contributed by atoms with van der Waals surface area (Å²) in [5.41, 5.74) is 0. The number of carboxylic acid groups (broad SMARTS) is 1. The van der Waals surface area contributed by atoms with Crippen LogP contribution in [0.5, 0.6) is 0 Å². The van der Waals surface area contributed by atoms with Crippen molar-refractivity contribution in [3.05, 3.63) is 0 Å². The third-order valence-corrected chi connectivity index (χ3v) is 3.57. The second-order valence-corrected chi connectivity index (χ2v) is 5.30. The molecule has 1 rings (SSSR count). The van der Waals surface area contributed by atoms with E-state index in [1.807, 2.05) is 6.92 Å². The third-order valence-electron chi connectivity index (χ3n) is 3.57. The maximum Gasteiger partial charge on any atom is 0.315 e. The van der Waals surface area contributed by atoms with Crippen molar-refractivity contribution in [2.24, 2.45) is 5.92 Å². The largest absolute Gasteiger partial charge is 0.481 e. The molecule has 0 aliphatic heterocycles. The SMILES string of the molecule is CC(CC(=O)O)NC(=O)NC(C)C1CCCCC1. The average molecular weight is 256 g/mol. The van der Waals surface area contributed by atoms with Gasteiger partial charge in [0.1, 0.15) is 0 Å². The first-order chi connectivity index (χ1) is 8.49. The van der Waals surface area contributed by atoms with E-state index in [4.69, 9.17) is 5.11 Å². The number of carboxylic acids is 1. The maximum atomic E-state index is 11.7. The summed E-state index contributed by atoms with van der Waals surface area (Å²) in [7, 11) is 0. The number of carbonyl (C=O) groups excluding carboxylic acids is 1. The van der Waals surface area contributed by atoms with Crippen molar-refractivity contribution in [3.63, 3.8) is 0 Å². The van der Waals surface area contributed by atoms with Gasteiger partial charge in [-0.1, -0.05) is 19.3 Å². The molecule has 1 saturated carbocycles. The monoisotopic (exact) mass is 256 g/mol. The van der Waals surface area contributed by atoms with Crippen LogP contribution in [-0.2, 0) is 4.79 Å². The van der Waals surface area contributed by atoms with Crippen LogP contribution in [0.3, 0.4) is 0 Å². The second kappa shape index (κ2) is 7.24. The fourth-order valence-electron chi connectivity index (χ4n) is 2.54. The zero-order valence-electron chi connectivity index (χ0n) is 11.2. The molecule has 2 amide bonds. The van der Waals surface area contributed by atoms with Gasteiger partial charge in [-0.2, -0.15) is 0 Å². The highest BCUT2D eigenvalue weighted by molar-refractivity contribution is 5.75. The third kappa shape index (κ3) is 5.38. The van der Waals surface area contributed by atoms with E-state index in [2.05, 4.69) is 10.6 Å². The molecule has 3 N–H and O–H groups in total. The highest BCUT2D eigenvalue weighted by Crippen LogP contribution is 2.26. The Labute approximate surface area is 108 Å². The Kier molecular flexibility index (Phi) is 5.95. The molecule has 0 saturated heterocycles. The Morgan fingerprint density at radius 1 is 1.17 bits per heavy atom. The minimum absolute atomic E-state index is 0.0504. The molecule has 0 spiro atoms. The van der Waals surface area contributed by atoms with Gasteiger partial charge in [0.05, 0.1) is 6.42 Å². The zero-order chi connectivity index (χ0) is 13.5. The quantitative estimate of drug-likeness (QED) is 0.705. The standard InChI is InChI=1S/C13H24N2O3/c1-9(8-12(16)17)14-13(18)15-10(2)11-6-4-3-5-7-11/h9-11H,3-8H2,1-2H3,(H,16,17)(H2,14,15,18). The Morgan fingerprint density at radius 2 is 1.78 bits per heavy atom. The highest BCUT2D eigenvalue weighted by atomic mass is 16.4. The van der Waals surface area contributed by atoms with Gasteiger partial charge in [-0.15, -0.1) is 0 Å². The summed E-state index contributed by atoms with van der Waals surface area (Å²) in [6, 6.07) is -0.454. The van der Waals surface area contributed by atoms with Crippen LogP contribution in [0.25, 0.3) is 0 Å². The van der Waals surface area contributed by atoms with Crippen molar-refractivity contribution in [1.29, 1.82) is 0 Å². The van der Waals surface area contributed by atoms with Gasteiger partial charge < -0.3 is 15.7 Å². The van der Waals surface area contributed by atoms with E-state index in [1.54, 1.807) is 6.92 Å². The smallest absolute Gasteiger partial charge is 0.315 e. The number of urea groups is 1. The molecule has 1 fully saturated rings. The lowest BCUT2D eigenvalue weighted by Gasteiger charge is -2.28. The van der Waals surface area contributed by atoms with Crippen LogP contribution in [0, 0.1) is 5.92 Å². The molecule has 18 heavy (non-hydrogen) atoms. The van der Waals surface area contributed by atoms with Gasteiger partial charge in [0.15, 0.2) is 0 Å². The van der Waals surface area contributed by atoms with Crippen LogP contribution in [0.2, 0.25) is 0 Å². The number of hydrogen-bond acceptors (Lipinski definition) is 2. The van der Waals surface area contributed by atoms with E-state index >= 15 is 0 Å². The normalized spacial score (nSPS) is 19.9. The minimum Gasteiger partial charge on any atom is -0.481 e. The predicted octanol–water partition coefficient (Wildman–Crippen LogP) is 2.12. The first kappa shape index (κ1) is 14.8. The van der Waals surface area contributed by atoms with E-state index in [0.717, 1.165) is 0 Å². The predicted molar refractivity (Wildman–Crippen MR) is 69.4 cm³/mol. The van der Waals surface area contributed by atoms with Crippen LogP contribution in [0.15, 0.2) is 0 Å². The highest BCUT2D eigenvalue weighted by Gasteiger charge is 2.21. The minimum atomic E-state index is -0.900. The number of carbonyl (C=O) groups is 2. The summed E-state index contributed by atoms with van der Waals surface area (Å²) in [6.07, 6.45) is 6.08. The summed E-state index contributed by atoms with van der Waals surface area (Å²) < 4.78 is 0. The molecule has 0 radical (unpaired) electrons. The first-order valence-electron chi connectivity index (χ1n) is 6.78. The average Bonchev–Trinajstić information content (AvgIpc) is 2.28. The van der Waals surface area contributed by atoms with Gasteiger partial charge >= 0.3 is 12.0 Å². The zero-order valence-corrected chi connectivity index (χ0v) is 11.2. The van der Waals surface area contributed by atoms with Crippen LogP contribution >= 0.6 is 0 Å². The van der Waals surface area contributed by atoms with Crippen molar-refractivity contribution >= 4 is 12.0 Å². The lowest BCUT2D eigenvalue weighted by molar-refractivity contribution is -0.137. The molecule has 1 aliphatic rings. The Balaban J connectivity index is 2.27.